The fraction of sp³-hybridized carbons (Fsp3) is 0.367. The van der Waals surface area contributed by atoms with Crippen LogP contribution in [0, 0.1) is 5.92 Å². The number of carbonyl (C=O) groups excluding carboxylic acids is 3. The zero-order chi connectivity index (χ0) is 29.5. The van der Waals surface area contributed by atoms with Gasteiger partial charge in [-0.1, -0.05) is 32.0 Å². The molecule has 5 rings (SSSR count). The van der Waals surface area contributed by atoms with Gasteiger partial charge in [0.15, 0.2) is 0 Å². The molecule has 42 heavy (non-hydrogen) atoms. The minimum atomic E-state index is -0.730. The fourth-order valence-electron chi connectivity index (χ4n) is 4.94. The number of hydrogen-bond acceptors (Lipinski definition) is 7. The Morgan fingerprint density at radius 2 is 2.07 bits per heavy atom. The van der Waals surface area contributed by atoms with Crippen LogP contribution in [-0.4, -0.2) is 74.7 Å². The number of amides is 3. The Labute approximate surface area is 248 Å². The fourth-order valence-corrected chi connectivity index (χ4v) is 5.67. The van der Waals surface area contributed by atoms with Gasteiger partial charge >= 0.3 is 0 Å². The van der Waals surface area contributed by atoms with Crippen LogP contribution in [0.1, 0.15) is 37.0 Å². The highest BCUT2D eigenvalue weighted by Gasteiger charge is 2.27. The molecule has 4 aromatic rings. The molecule has 3 aromatic heterocycles. The van der Waals surface area contributed by atoms with Crippen molar-refractivity contribution in [2.24, 2.45) is 5.92 Å². The molecule has 0 radical (unpaired) electrons. The number of hydrogen-bond donors (Lipinski definition) is 3. The molecule has 3 amide bonds. The summed E-state index contributed by atoms with van der Waals surface area (Å²) >= 11 is 1.49. The summed E-state index contributed by atoms with van der Waals surface area (Å²) in [5.41, 5.74) is 1.89. The summed E-state index contributed by atoms with van der Waals surface area (Å²) in [7, 11) is 0. The first-order chi connectivity index (χ1) is 20.4. The highest BCUT2D eigenvalue weighted by Crippen LogP contribution is 2.27. The van der Waals surface area contributed by atoms with Crippen LogP contribution in [-0.2, 0) is 16.1 Å². The van der Waals surface area contributed by atoms with E-state index in [0.29, 0.717) is 49.5 Å². The number of rotatable bonds is 4. The van der Waals surface area contributed by atoms with Crippen LogP contribution in [0.5, 0.6) is 5.75 Å². The first-order valence-electron chi connectivity index (χ1n) is 14.1. The number of ether oxygens (including phenoxy) is 1. The molecule has 0 fully saturated rings. The molecule has 1 aliphatic rings. The van der Waals surface area contributed by atoms with E-state index in [2.05, 4.69) is 25.8 Å². The Hall–Kier alpha value is -4.45. The molecule has 0 saturated heterocycles. The maximum Gasteiger partial charge on any atom is 0.258 e. The lowest BCUT2D eigenvalue weighted by atomic mass is 10.0. The number of nitrogens with zero attached hydrogens (tertiary/aromatic N) is 4. The van der Waals surface area contributed by atoms with Crippen LogP contribution in [0.15, 0.2) is 60.4 Å². The molecule has 220 valence electrons. The highest BCUT2D eigenvalue weighted by atomic mass is 32.1. The van der Waals surface area contributed by atoms with Crippen LogP contribution < -0.4 is 15.4 Å². The van der Waals surface area contributed by atoms with Gasteiger partial charge < -0.3 is 24.8 Å². The van der Waals surface area contributed by atoms with Crippen LogP contribution >= 0.6 is 11.3 Å². The Bertz CT molecular complexity index is 1510. The lowest BCUT2D eigenvalue weighted by molar-refractivity contribution is -0.129. The predicted octanol–water partition coefficient (Wildman–Crippen LogP) is 3.57. The Balaban J connectivity index is 1.41. The predicted molar refractivity (Wildman–Crippen MR) is 160 cm³/mol. The van der Waals surface area contributed by atoms with Gasteiger partial charge in [0.1, 0.15) is 17.6 Å². The van der Waals surface area contributed by atoms with Gasteiger partial charge in [0.25, 0.3) is 5.91 Å². The van der Waals surface area contributed by atoms with Gasteiger partial charge in [-0.3, -0.25) is 19.5 Å². The molecule has 3 N–H and O–H groups in total. The van der Waals surface area contributed by atoms with Crippen molar-refractivity contribution in [1.82, 2.24) is 35.3 Å². The summed E-state index contributed by atoms with van der Waals surface area (Å²) in [6.07, 6.45) is 6.04. The minimum absolute atomic E-state index is 0.167. The average molecular weight is 590 g/mol. The lowest BCUT2D eigenvalue weighted by Gasteiger charge is -2.25. The van der Waals surface area contributed by atoms with Gasteiger partial charge in [-0.25, -0.2) is 4.98 Å². The molecule has 0 unspecified atom stereocenters. The molecule has 1 aliphatic heterocycles. The average Bonchev–Trinajstić information content (AvgIpc) is 3.75. The molecule has 0 spiro atoms. The standard InChI is InChI=1S/C30H35N7O4S/c1-20(2)16-24-29(39)32-10-13-36-12-9-31-28(36)21-6-3-7-22(17-21)41-14-5-11-37(19-26(38)34-24)30(40)23-18-33-35-27(23)25-8-4-15-42-25/h3-4,6-9,12,15,17-18,20,24H,5,10-11,13-14,16,19H2,1-2H3,(H,32,39)(H,33,35)(H,34,38)/t24-/m1/s1. The third kappa shape index (κ3) is 7.06. The van der Waals surface area contributed by atoms with Gasteiger partial charge in [-0.05, 0) is 42.3 Å². The van der Waals surface area contributed by atoms with E-state index >= 15 is 0 Å². The largest absolute Gasteiger partial charge is 0.494 e. The van der Waals surface area contributed by atoms with E-state index in [0.717, 1.165) is 16.3 Å². The van der Waals surface area contributed by atoms with E-state index in [1.54, 1.807) is 6.20 Å². The molecule has 12 heteroatoms. The third-order valence-corrected chi connectivity index (χ3v) is 7.81. The van der Waals surface area contributed by atoms with Crippen LogP contribution in [0.25, 0.3) is 22.0 Å². The third-order valence-electron chi connectivity index (χ3n) is 6.92. The maximum atomic E-state index is 13.8. The summed E-state index contributed by atoms with van der Waals surface area (Å²) in [6, 6.07) is 10.8. The van der Waals surface area contributed by atoms with Crippen molar-refractivity contribution in [3.05, 3.63) is 65.9 Å². The molecular formula is C30H35N7O4S. The molecule has 1 aromatic carbocycles. The van der Waals surface area contributed by atoms with Crippen LogP contribution in [0.2, 0.25) is 0 Å². The van der Waals surface area contributed by atoms with E-state index < -0.39 is 11.9 Å². The summed E-state index contributed by atoms with van der Waals surface area (Å²) in [4.78, 5) is 47.1. The summed E-state index contributed by atoms with van der Waals surface area (Å²) in [6.45, 7) is 5.27. The van der Waals surface area contributed by atoms with E-state index in [-0.39, 0.29) is 30.8 Å². The molecule has 4 heterocycles. The van der Waals surface area contributed by atoms with Gasteiger partial charge in [-0.2, -0.15) is 5.10 Å². The topological polar surface area (TPSA) is 134 Å². The Kier molecular flexibility index (Phi) is 9.32. The van der Waals surface area contributed by atoms with Gasteiger partial charge in [0, 0.05) is 37.6 Å². The zero-order valence-corrected chi connectivity index (χ0v) is 24.5. The Morgan fingerprint density at radius 3 is 2.88 bits per heavy atom. The van der Waals surface area contributed by atoms with Crippen molar-refractivity contribution in [3.8, 4) is 27.7 Å². The summed E-state index contributed by atoms with van der Waals surface area (Å²) < 4.78 is 8.01. The van der Waals surface area contributed by atoms with Crippen molar-refractivity contribution in [3.63, 3.8) is 0 Å². The molecule has 1 atom stereocenters. The first kappa shape index (κ1) is 29.1. The van der Waals surface area contributed by atoms with Crippen molar-refractivity contribution >= 4 is 29.1 Å². The molecule has 2 bridgehead atoms. The van der Waals surface area contributed by atoms with Gasteiger partial charge in [0.05, 0.1) is 35.5 Å². The number of imidazole rings is 1. The van der Waals surface area contributed by atoms with E-state index in [1.165, 1.54) is 22.4 Å². The van der Waals surface area contributed by atoms with Crippen LogP contribution in [0.3, 0.4) is 0 Å². The number of aromatic nitrogens is 4. The van der Waals surface area contributed by atoms with E-state index in [4.69, 9.17) is 4.74 Å². The monoisotopic (exact) mass is 589 g/mol. The van der Waals surface area contributed by atoms with Crippen LogP contribution in [0.4, 0.5) is 0 Å². The Morgan fingerprint density at radius 1 is 1.19 bits per heavy atom. The number of aromatic amines is 1. The quantitative estimate of drug-likeness (QED) is 0.333. The second-order valence-electron chi connectivity index (χ2n) is 10.6. The molecule has 0 saturated carbocycles. The first-order valence-corrected chi connectivity index (χ1v) is 14.9. The van der Waals surface area contributed by atoms with Crippen molar-refractivity contribution in [2.75, 3.05) is 26.2 Å². The van der Waals surface area contributed by atoms with Gasteiger partial charge in [0.2, 0.25) is 11.8 Å². The van der Waals surface area contributed by atoms with Crippen molar-refractivity contribution < 1.29 is 19.1 Å². The number of nitrogens with one attached hydrogen (secondary N) is 3. The number of H-pyrrole nitrogens is 1. The van der Waals surface area contributed by atoms with Gasteiger partial charge in [-0.15, -0.1) is 11.3 Å². The summed E-state index contributed by atoms with van der Waals surface area (Å²) in [5, 5.41) is 14.8. The number of thiophene rings is 1. The molecular weight excluding hydrogens is 554 g/mol. The van der Waals surface area contributed by atoms with E-state index in [9.17, 15) is 14.4 Å². The molecule has 11 nitrogen and oxygen atoms in total. The second kappa shape index (κ2) is 13.5. The van der Waals surface area contributed by atoms with Crippen molar-refractivity contribution in [1.29, 1.82) is 0 Å². The van der Waals surface area contributed by atoms with Crippen molar-refractivity contribution in [2.45, 2.75) is 39.3 Å². The lowest BCUT2D eigenvalue weighted by Crippen LogP contribution is -2.51. The SMILES string of the molecule is CC(C)C[C@H]1NC(=O)CN(C(=O)c2cn[nH]c2-c2cccs2)CCCOc2cccc(c2)-c2nccn2CCNC1=O. The zero-order valence-electron chi connectivity index (χ0n) is 23.7. The summed E-state index contributed by atoms with van der Waals surface area (Å²) in [5.74, 6) is 0.621. The second-order valence-corrected chi connectivity index (χ2v) is 11.5. The van der Waals surface area contributed by atoms with E-state index in [1.807, 2.05) is 66.4 Å². The number of carbonyl (C=O) groups is 3. The minimum Gasteiger partial charge on any atom is -0.494 e. The molecule has 0 aliphatic carbocycles. The number of benzene rings is 1. The smallest absolute Gasteiger partial charge is 0.258 e. The maximum absolute atomic E-state index is 13.8. The highest BCUT2D eigenvalue weighted by molar-refractivity contribution is 7.13. The normalized spacial score (nSPS) is 17.0. The number of fused-ring (bicyclic) bond motifs is 4.